The number of nitrogens with one attached hydrogen (secondary N) is 1. The van der Waals surface area contributed by atoms with E-state index in [1.54, 1.807) is 43.4 Å². The van der Waals surface area contributed by atoms with E-state index in [4.69, 9.17) is 10.9 Å². The first kappa shape index (κ1) is 23.8. The third-order valence-electron chi connectivity index (χ3n) is 4.91. The number of carbonyl (C=O) groups is 1. The molecule has 0 fully saturated rings. The van der Waals surface area contributed by atoms with Gasteiger partial charge in [-0.05, 0) is 47.9 Å². The Labute approximate surface area is 190 Å². The van der Waals surface area contributed by atoms with Crippen molar-refractivity contribution in [2.75, 3.05) is 12.4 Å². The van der Waals surface area contributed by atoms with Crippen LogP contribution in [0.5, 0.6) is 0 Å². The molecule has 0 aliphatic rings. The van der Waals surface area contributed by atoms with Gasteiger partial charge in [0.15, 0.2) is 5.83 Å². The van der Waals surface area contributed by atoms with Crippen LogP contribution in [-0.4, -0.2) is 32.2 Å². The Bertz CT molecular complexity index is 1370. The molecular formula is C23H22FN5O3S. The van der Waals surface area contributed by atoms with Crippen molar-refractivity contribution in [3.63, 3.8) is 0 Å². The van der Waals surface area contributed by atoms with E-state index >= 15 is 0 Å². The highest BCUT2D eigenvalue weighted by atomic mass is 32.2. The van der Waals surface area contributed by atoms with Crippen LogP contribution in [0, 0.1) is 0 Å². The summed E-state index contributed by atoms with van der Waals surface area (Å²) in [5, 5.41) is 7.74. The number of allylic oxidation sites excluding steroid dienone is 1. The van der Waals surface area contributed by atoms with E-state index in [0.717, 1.165) is 6.20 Å². The molecule has 170 valence electrons. The van der Waals surface area contributed by atoms with Gasteiger partial charge in [-0.25, -0.2) is 17.9 Å². The summed E-state index contributed by atoms with van der Waals surface area (Å²) in [5.74, 6) is -1.57. The Hall–Kier alpha value is -3.89. The highest BCUT2D eigenvalue weighted by Gasteiger charge is 2.17. The lowest BCUT2D eigenvalue weighted by Gasteiger charge is -2.10. The van der Waals surface area contributed by atoms with Gasteiger partial charge in [0.1, 0.15) is 10.7 Å². The summed E-state index contributed by atoms with van der Waals surface area (Å²) < 4.78 is 38.4. The molecule has 0 radical (unpaired) electrons. The van der Waals surface area contributed by atoms with E-state index in [9.17, 15) is 17.6 Å². The van der Waals surface area contributed by atoms with Crippen LogP contribution < -0.4 is 16.2 Å². The summed E-state index contributed by atoms with van der Waals surface area (Å²) in [6.07, 6.45) is 2.61. The Kier molecular flexibility index (Phi) is 7.00. The number of anilines is 1. The van der Waals surface area contributed by atoms with Crippen LogP contribution in [0.4, 0.5) is 10.1 Å². The lowest BCUT2D eigenvalue weighted by molar-refractivity contribution is -0.114. The number of primary sulfonamides is 1. The van der Waals surface area contributed by atoms with Crippen molar-refractivity contribution in [3.05, 3.63) is 83.9 Å². The quantitative estimate of drug-likeness (QED) is 0.290. The normalized spacial score (nSPS) is 12.8. The smallest absolute Gasteiger partial charge is 0.284 e. The van der Waals surface area contributed by atoms with Gasteiger partial charge in [-0.15, -0.1) is 0 Å². The first-order chi connectivity index (χ1) is 15.6. The molecule has 0 aliphatic heterocycles. The van der Waals surface area contributed by atoms with Gasteiger partial charge in [-0.3, -0.25) is 14.8 Å². The monoisotopic (exact) mass is 467 g/mol. The fourth-order valence-electron chi connectivity index (χ4n) is 3.10. The molecule has 0 spiro atoms. The highest BCUT2D eigenvalue weighted by molar-refractivity contribution is 7.89. The maximum Gasteiger partial charge on any atom is 0.284 e. The van der Waals surface area contributed by atoms with Crippen molar-refractivity contribution >= 4 is 33.0 Å². The number of aromatic nitrogens is 1. The summed E-state index contributed by atoms with van der Waals surface area (Å²) >= 11 is 0. The van der Waals surface area contributed by atoms with Gasteiger partial charge in [0, 0.05) is 36.3 Å². The zero-order valence-corrected chi connectivity index (χ0v) is 18.7. The van der Waals surface area contributed by atoms with E-state index < -0.39 is 21.8 Å². The van der Waals surface area contributed by atoms with Crippen LogP contribution in [-0.2, 0) is 14.8 Å². The van der Waals surface area contributed by atoms with Gasteiger partial charge in [0.25, 0.3) is 5.91 Å². The molecule has 0 atom stereocenters. The molecule has 0 aliphatic carbocycles. The summed E-state index contributed by atoms with van der Waals surface area (Å²) in [6.45, 7) is 1.49. The SMILES string of the molecule is CN=C(N)c1cccc(/C(C)=C(/F)C(=O)Nc2ccc(-c3ccncc3S(N)(=O)=O)cc2)c1. The van der Waals surface area contributed by atoms with Gasteiger partial charge >= 0.3 is 0 Å². The van der Waals surface area contributed by atoms with Gasteiger partial charge in [0.05, 0.1) is 0 Å². The number of hydrogen-bond donors (Lipinski definition) is 3. The molecule has 8 nitrogen and oxygen atoms in total. The van der Waals surface area contributed by atoms with Crippen LogP contribution >= 0.6 is 0 Å². The number of sulfonamides is 1. The fourth-order valence-corrected chi connectivity index (χ4v) is 3.80. The molecule has 10 heteroatoms. The van der Waals surface area contributed by atoms with E-state index in [0.29, 0.717) is 33.8 Å². The number of nitrogens with zero attached hydrogens (tertiary/aromatic N) is 2. The van der Waals surface area contributed by atoms with Gasteiger partial charge in [0.2, 0.25) is 10.0 Å². The topological polar surface area (TPSA) is 141 Å². The number of amides is 1. The number of benzene rings is 2. The average molecular weight is 468 g/mol. The van der Waals surface area contributed by atoms with Crippen molar-refractivity contribution in [1.29, 1.82) is 0 Å². The fraction of sp³-hybridized carbons (Fsp3) is 0.0870. The standard InChI is InChI=1S/C23H22FN5O3S/c1-14(16-4-3-5-17(12-16)22(25)27-2)21(24)23(30)29-18-8-6-15(7-9-18)19-10-11-28-13-20(19)33(26,31)32/h3-13H,1-2H3,(H2,25,27)(H,29,30)(H2,26,31,32)/b21-14+. The van der Waals surface area contributed by atoms with Crippen LogP contribution in [0.15, 0.2) is 82.7 Å². The molecule has 5 N–H and O–H groups in total. The maximum atomic E-state index is 14.8. The second-order valence-corrected chi connectivity index (χ2v) is 8.61. The number of hydrogen-bond acceptors (Lipinski definition) is 5. The van der Waals surface area contributed by atoms with Crippen molar-refractivity contribution in [3.8, 4) is 11.1 Å². The van der Waals surface area contributed by atoms with Gasteiger partial charge in [-0.1, -0.05) is 30.3 Å². The molecule has 3 aromatic rings. The molecule has 33 heavy (non-hydrogen) atoms. The van der Waals surface area contributed by atoms with E-state index in [2.05, 4.69) is 15.3 Å². The predicted molar refractivity (Wildman–Crippen MR) is 126 cm³/mol. The summed E-state index contributed by atoms with van der Waals surface area (Å²) in [6, 6.07) is 14.5. The molecule has 0 saturated carbocycles. The van der Waals surface area contributed by atoms with Crippen molar-refractivity contribution < 1.29 is 17.6 Å². The minimum atomic E-state index is -3.97. The lowest BCUT2D eigenvalue weighted by atomic mass is 10.0. The Morgan fingerprint density at radius 2 is 1.76 bits per heavy atom. The van der Waals surface area contributed by atoms with Crippen LogP contribution in [0.1, 0.15) is 18.1 Å². The summed E-state index contributed by atoms with van der Waals surface area (Å²) in [7, 11) is -2.42. The van der Waals surface area contributed by atoms with E-state index in [1.807, 2.05) is 0 Å². The number of rotatable bonds is 6. The maximum absolute atomic E-state index is 14.8. The molecule has 1 amide bonds. The number of amidine groups is 1. The summed E-state index contributed by atoms with van der Waals surface area (Å²) in [5.41, 5.74) is 8.29. The van der Waals surface area contributed by atoms with Crippen molar-refractivity contribution in [2.45, 2.75) is 11.8 Å². The first-order valence-electron chi connectivity index (χ1n) is 9.70. The molecule has 1 heterocycles. The molecule has 1 aromatic heterocycles. The molecule has 0 unspecified atom stereocenters. The van der Waals surface area contributed by atoms with Crippen LogP contribution in [0.25, 0.3) is 16.7 Å². The van der Waals surface area contributed by atoms with Crippen molar-refractivity contribution in [1.82, 2.24) is 4.98 Å². The zero-order chi connectivity index (χ0) is 24.2. The van der Waals surface area contributed by atoms with Crippen LogP contribution in [0.2, 0.25) is 0 Å². The molecule has 0 saturated heterocycles. The Balaban J connectivity index is 1.83. The minimum Gasteiger partial charge on any atom is -0.384 e. The lowest BCUT2D eigenvalue weighted by Crippen LogP contribution is -2.14. The average Bonchev–Trinajstić information content (AvgIpc) is 2.82. The third kappa shape index (κ3) is 5.48. The Morgan fingerprint density at radius 1 is 1.09 bits per heavy atom. The number of pyridine rings is 1. The molecule has 3 rings (SSSR count). The van der Waals surface area contributed by atoms with Crippen LogP contribution in [0.3, 0.4) is 0 Å². The number of carbonyl (C=O) groups excluding carboxylic acids is 1. The van der Waals surface area contributed by atoms with Crippen molar-refractivity contribution in [2.24, 2.45) is 15.9 Å². The molecular weight excluding hydrogens is 445 g/mol. The second kappa shape index (κ2) is 9.72. The zero-order valence-electron chi connectivity index (χ0n) is 17.9. The molecule has 0 bridgehead atoms. The molecule has 2 aromatic carbocycles. The third-order valence-corrected chi connectivity index (χ3v) is 5.84. The Morgan fingerprint density at radius 3 is 2.39 bits per heavy atom. The summed E-state index contributed by atoms with van der Waals surface area (Å²) in [4.78, 5) is 20.0. The number of halogens is 1. The minimum absolute atomic E-state index is 0.123. The van der Waals surface area contributed by atoms with E-state index in [1.165, 1.54) is 31.3 Å². The second-order valence-electron chi connectivity index (χ2n) is 7.08. The largest absolute Gasteiger partial charge is 0.384 e. The van der Waals surface area contributed by atoms with E-state index in [-0.39, 0.29) is 10.5 Å². The predicted octanol–water partition coefficient (Wildman–Crippen LogP) is 3.07. The first-order valence-corrected chi connectivity index (χ1v) is 11.2. The van der Waals surface area contributed by atoms with Gasteiger partial charge < -0.3 is 11.1 Å². The number of aliphatic imine (C=N–C) groups is 1. The van der Waals surface area contributed by atoms with Gasteiger partial charge in [-0.2, -0.15) is 0 Å². The number of nitrogens with two attached hydrogens (primary N) is 2. The highest BCUT2D eigenvalue weighted by Crippen LogP contribution is 2.27.